The van der Waals surface area contributed by atoms with E-state index in [0.29, 0.717) is 22.4 Å². The minimum atomic E-state index is -0.839. The van der Waals surface area contributed by atoms with Crippen LogP contribution in [0.2, 0.25) is 0 Å². The van der Waals surface area contributed by atoms with Gasteiger partial charge >= 0.3 is 5.97 Å². The van der Waals surface area contributed by atoms with E-state index in [2.05, 4.69) is 15.9 Å². The lowest BCUT2D eigenvalue weighted by Gasteiger charge is -2.25. The number of aryl methyl sites for hydroxylation is 2. The first-order valence-electron chi connectivity index (χ1n) is 11.1. The molecule has 7 heteroatoms. The van der Waals surface area contributed by atoms with Gasteiger partial charge in [-0.1, -0.05) is 53.2 Å². The Morgan fingerprint density at radius 3 is 2.20 bits per heavy atom. The van der Waals surface area contributed by atoms with Gasteiger partial charge in [-0.05, 0) is 66.4 Å². The molecular formula is C28H24BrNO5. The Hall–Kier alpha value is -3.71. The van der Waals surface area contributed by atoms with Gasteiger partial charge in [0.2, 0.25) is 0 Å². The van der Waals surface area contributed by atoms with Crippen molar-refractivity contribution in [2.75, 3.05) is 12.0 Å². The second-order valence-electron chi connectivity index (χ2n) is 8.27. The van der Waals surface area contributed by atoms with Crippen molar-refractivity contribution in [2.24, 2.45) is 0 Å². The number of ether oxygens (including phenoxy) is 1. The minimum Gasteiger partial charge on any atom is -0.507 e. The van der Waals surface area contributed by atoms with Gasteiger partial charge in [0.05, 0.1) is 24.3 Å². The molecule has 0 bridgehead atoms. The molecule has 3 aromatic carbocycles. The maximum absolute atomic E-state index is 13.3. The largest absolute Gasteiger partial charge is 0.507 e. The third kappa shape index (κ3) is 4.51. The number of carbonyl (C=O) groups is 3. The summed E-state index contributed by atoms with van der Waals surface area (Å²) >= 11 is 3.45. The molecule has 1 atom stereocenters. The second kappa shape index (κ2) is 9.88. The van der Waals surface area contributed by atoms with Crippen LogP contribution in [-0.2, 0) is 20.7 Å². The fourth-order valence-corrected chi connectivity index (χ4v) is 4.42. The summed E-state index contributed by atoms with van der Waals surface area (Å²) in [7, 11) is 1.29. The van der Waals surface area contributed by atoms with E-state index in [0.717, 1.165) is 22.0 Å². The number of aliphatic hydroxyl groups is 1. The van der Waals surface area contributed by atoms with Crippen LogP contribution in [0.5, 0.6) is 0 Å². The number of Topliss-reactive ketones (excluding diaryl/α,β-unsaturated/α-hetero) is 1. The lowest BCUT2D eigenvalue weighted by atomic mass is 9.94. The summed E-state index contributed by atoms with van der Waals surface area (Å²) in [5.41, 5.74) is 3.88. The van der Waals surface area contributed by atoms with Crippen molar-refractivity contribution in [3.63, 3.8) is 0 Å². The zero-order valence-electron chi connectivity index (χ0n) is 19.5. The van der Waals surface area contributed by atoms with Gasteiger partial charge in [0.25, 0.3) is 11.7 Å². The molecule has 0 radical (unpaired) electrons. The third-order valence-corrected chi connectivity index (χ3v) is 7.04. The fraction of sp³-hybridized carbons (Fsp3) is 0.179. The summed E-state index contributed by atoms with van der Waals surface area (Å²) in [5, 5.41) is 11.3. The third-order valence-electron chi connectivity index (χ3n) is 6.15. The molecule has 1 aliphatic heterocycles. The number of hydrogen-bond acceptors (Lipinski definition) is 5. The van der Waals surface area contributed by atoms with E-state index in [1.165, 1.54) is 24.1 Å². The molecule has 0 aromatic heterocycles. The fourth-order valence-electron chi connectivity index (χ4n) is 4.17. The van der Waals surface area contributed by atoms with E-state index >= 15 is 0 Å². The number of halogens is 1. The van der Waals surface area contributed by atoms with Gasteiger partial charge in [0.15, 0.2) is 0 Å². The highest BCUT2D eigenvalue weighted by Gasteiger charge is 2.47. The number of nitrogens with zero attached hydrogens (tertiary/aromatic N) is 1. The molecule has 35 heavy (non-hydrogen) atoms. The lowest BCUT2D eigenvalue weighted by Crippen LogP contribution is -2.29. The van der Waals surface area contributed by atoms with E-state index in [-0.39, 0.29) is 11.3 Å². The number of anilines is 1. The topological polar surface area (TPSA) is 83.9 Å². The molecule has 1 amide bonds. The summed E-state index contributed by atoms with van der Waals surface area (Å²) in [5.74, 6) is -2.27. The van der Waals surface area contributed by atoms with Crippen molar-refractivity contribution in [3.8, 4) is 0 Å². The number of carbonyl (C=O) groups excluding carboxylic acids is 3. The lowest BCUT2D eigenvalue weighted by molar-refractivity contribution is -0.132. The quantitative estimate of drug-likeness (QED) is 0.196. The van der Waals surface area contributed by atoms with E-state index in [1.54, 1.807) is 30.3 Å². The van der Waals surface area contributed by atoms with Crippen LogP contribution >= 0.6 is 15.9 Å². The summed E-state index contributed by atoms with van der Waals surface area (Å²) in [6.45, 7) is 3.92. The number of aliphatic hydroxyl groups excluding tert-OH is 1. The molecule has 0 aliphatic carbocycles. The number of methoxy groups -OCH3 is 1. The van der Waals surface area contributed by atoms with Crippen molar-refractivity contribution >= 4 is 45.0 Å². The maximum atomic E-state index is 13.3. The van der Waals surface area contributed by atoms with E-state index in [4.69, 9.17) is 4.74 Å². The molecule has 178 valence electrons. The van der Waals surface area contributed by atoms with Crippen molar-refractivity contribution in [3.05, 3.63) is 105 Å². The predicted molar refractivity (Wildman–Crippen MR) is 137 cm³/mol. The molecule has 1 N–H and O–H groups in total. The van der Waals surface area contributed by atoms with Gasteiger partial charge in [-0.15, -0.1) is 0 Å². The molecular weight excluding hydrogens is 510 g/mol. The molecule has 0 saturated carbocycles. The van der Waals surface area contributed by atoms with Crippen LogP contribution in [0.15, 0.2) is 76.8 Å². The Morgan fingerprint density at radius 2 is 1.63 bits per heavy atom. The molecule has 1 saturated heterocycles. The highest BCUT2D eigenvalue weighted by Crippen LogP contribution is 2.42. The Labute approximate surface area is 212 Å². The zero-order valence-corrected chi connectivity index (χ0v) is 21.1. The number of hydrogen-bond donors (Lipinski definition) is 1. The number of ketones is 1. The molecule has 1 heterocycles. The van der Waals surface area contributed by atoms with Gasteiger partial charge in [0.1, 0.15) is 5.76 Å². The van der Waals surface area contributed by atoms with Crippen molar-refractivity contribution in [1.82, 2.24) is 0 Å². The Bertz CT molecular complexity index is 1340. The number of rotatable bonds is 5. The van der Waals surface area contributed by atoms with Gasteiger partial charge in [0, 0.05) is 15.7 Å². The normalized spacial score (nSPS) is 17.0. The predicted octanol–water partition coefficient (Wildman–Crippen LogP) is 5.73. The van der Waals surface area contributed by atoms with Gasteiger partial charge in [-0.3, -0.25) is 14.5 Å². The Balaban J connectivity index is 1.90. The Kier molecular flexibility index (Phi) is 6.89. The molecule has 3 aromatic rings. The number of benzene rings is 3. The van der Waals surface area contributed by atoms with Crippen LogP contribution in [0.25, 0.3) is 5.76 Å². The molecule has 1 unspecified atom stereocenters. The van der Waals surface area contributed by atoms with Crippen LogP contribution in [0, 0.1) is 6.92 Å². The van der Waals surface area contributed by atoms with Crippen molar-refractivity contribution < 1.29 is 24.2 Å². The van der Waals surface area contributed by atoms with Crippen LogP contribution in [0.3, 0.4) is 0 Å². The molecule has 4 rings (SSSR count). The highest BCUT2D eigenvalue weighted by molar-refractivity contribution is 9.10. The van der Waals surface area contributed by atoms with E-state index in [1.807, 2.05) is 38.1 Å². The smallest absolute Gasteiger partial charge is 0.337 e. The number of amides is 1. The first-order chi connectivity index (χ1) is 16.8. The molecule has 1 aliphatic rings. The molecule has 0 spiro atoms. The Morgan fingerprint density at radius 1 is 1.00 bits per heavy atom. The average molecular weight is 534 g/mol. The SMILES string of the molecule is CCc1ccc(C2/C(=C(/O)c3ccc(Br)c(C)c3)C(=O)C(=O)N2c2ccc(C(=O)OC)cc2)cc1. The summed E-state index contributed by atoms with van der Waals surface area (Å²) in [4.78, 5) is 39.8. The van der Waals surface area contributed by atoms with E-state index in [9.17, 15) is 19.5 Å². The van der Waals surface area contributed by atoms with Crippen LogP contribution in [0.4, 0.5) is 5.69 Å². The monoisotopic (exact) mass is 533 g/mol. The van der Waals surface area contributed by atoms with Gasteiger partial charge in [-0.25, -0.2) is 4.79 Å². The number of esters is 1. The summed E-state index contributed by atoms with van der Waals surface area (Å²) in [6.07, 6.45) is 0.841. The zero-order chi connectivity index (χ0) is 25.3. The van der Waals surface area contributed by atoms with Crippen molar-refractivity contribution in [1.29, 1.82) is 0 Å². The first-order valence-corrected chi connectivity index (χ1v) is 11.9. The second-order valence-corrected chi connectivity index (χ2v) is 9.12. The van der Waals surface area contributed by atoms with Crippen molar-refractivity contribution in [2.45, 2.75) is 26.3 Å². The summed E-state index contributed by atoms with van der Waals surface area (Å²) < 4.78 is 5.62. The minimum absolute atomic E-state index is 0.0121. The van der Waals surface area contributed by atoms with Gasteiger partial charge < -0.3 is 9.84 Å². The first kappa shape index (κ1) is 24.4. The summed E-state index contributed by atoms with van der Waals surface area (Å²) in [6, 6.07) is 18.3. The van der Waals surface area contributed by atoms with Crippen LogP contribution in [0.1, 0.15) is 45.6 Å². The van der Waals surface area contributed by atoms with Gasteiger partial charge in [-0.2, -0.15) is 0 Å². The van der Waals surface area contributed by atoms with Crippen LogP contribution < -0.4 is 4.90 Å². The maximum Gasteiger partial charge on any atom is 0.337 e. The highest BCUT2D eigenvalue weighted by atomic mass is 79.9. The van der Waals surface area contributed by atoms with Crippen LogP contribution in [-0.4, -0.2) is 29.9 Å². The standard InChI is InChI=1S/C28H24BrNO5/c1-4-17-5-7-18(8-6-17)24-23(25(31)20-11-14-22(29)16(2)15-20)26(32)27(33)30(24)21-12-9-19(10-13-21)28(34)35-3/h5-15,24,31H,4H2,1-3H3/b25-23-. The average Bonchev–Trinajstić information content (AvgIpc) is 3.15. The van der Waals surface area contributed by atoms with E-state index < -0.39 is 23.7 Å². The molecule has 6 nitrogen and oxygen atoms in total. The molecule has 1 fully saturated rings.